The summed E-state index contributed by atoms with van der Waals surface area (Å²) < 4.78 is 25.8. The van der Waals surface area contributed by atoms with Gasteiger partial charge in [-0.3, -0.25) is 4.79 Å². The molecule has 1 spiro atoms. The van der Waals surface area contributed by atoms with Gasteiger partial charge in [0.05, 0.1) is 11.2 Å². The van der Waals surface area contributed by atoms with Crippen LogP contribution in [-0.2, 0) is 9.47 Å². The van der Waals surface area contributed by atoms with Crippen LogP contribution in [0, 0.1) is 11.7 Å². The minimum atomic E-state index is -0.457. The number of rotatable bonds is 2. The molecule has 2 saturated heterocycles. The number of ketones is 1. The molecular weight excluding hydrogens is 339 g/mol. The van der Waals surface area contributed by atoms with E-state index in [0.717, 1.165) is 12.8 Å². The van der Waals surface area contributed by atoms with Crippen molar-refractivity contribution < 1.29 is 18.7 Å². The Bertz CT molecular complexity index is 515. The molecule has 0 amide bonds. The number of ether oxygens (including phenoxy) is 2. The Kier molecular flexibility index (Phi) is 4.43. The Morgan fingerprint density at radius 2 is 2.05 bits per heavy atom. The maximum atomic E-state index is 14.0. The molecule has 5 heteroatoms. The van der Waals surface area contributed by atoms with Crippen molar-refractivity contribution in [2.75, 3.05) is 19.8 Å². The van der Waals surface area contributed by atoms with Crippen molar-refractivity contribution in [3.05, 3.63) is 34.1 Å². The fourth-order valence-electron chi connectivity index (χ4n) is 3.28. The smallest absolute Gasteiger partial charge is 0.170 e. The summed E-state index contributed by atoms with van der Waals surface area (Å²) in [6.07, 6.45) is 2.95. The fraction of sp³-hybridized carbons (Fsp3) is 0.562. The third-order valence-electron chi connectivity index (χ3n) is 4.48. The van der Waals surface area contributed by atoms with E-state index in [4.69, 9.17) is 9.47 Å². The number of halogens is 2. The van der Waals surface area contributed by atoms with Gasteiger partial charge in [0, 0.05) is 30.2 Å². The third kappa shape index (κ3) is 3.05. The van der Waals surface area contributed by atoms with Crippen molar-refractivity contribution in [1.82, 2.24) is 0 Å². The molecule has 1 aromatic rings. The molecule has 3 rings (SSSR count). The monoisotopic (exact) mass is 356 g/mol. The van der Waals surface area contributed by atoms with Crippen LogP contribution in [0.5, 0.6) is 0 Å². The maximum Gasteiger partial charge on any atom is 0.170 e. The van der Waals surface area contributed by atoms with Crippen molar-refractivity contribution in [2.24, 2.45) is 5.92 Å². The maximum absolute atomic E-state index is 14.0. The zero-order valence-corrected chi connectivity index (χ0v) is 13.3. The highest BCUT2D eigenvalue weighted by molar-refractivity contribution is 9.10. The van der Waals surface area contributed by atoms with Crippen LogP contribution in [0.3, 0.4) is 0 Å². The molecule has 1 atom stereocenters. The Morgan fingerprint density at radius 1 is 1.29 bits per heavy atom. The highest BCUT2D eigenvalue weighted by Gasteiger charge is 2.41. The first-order chi connectivity index (χ1) is 10.1. The van der Waals surface area contributed by atoms with Crippen molar-refractivity contribution in [3.8, 4) is 0 Å². The Balaban J connectivity index is 1.81. The first-order valence-electron chi connectivity index (χ1n) is 7.31. The number of benzene rings is 1. The number of carbonyl (C=O) groups excluding carboxylic acids is 1. The Morgan fingerprint density at radius 3 is 2.76 bits per heavy atom. The molecular formula is C16H18BrFO3. The van der Waals surface area contributed by atoms with Crippen molar-refractivity contribution in [2.45, 2.75) is 31.3 Å². The van der Waals surface area contributed by atoms with Gasteiger partial charge in [-0.15, -0.1) is 0 Å². The lowest BCUT2D eigenvalue weighted by molar-refractivity contribution is -0.142. The topological polar surface area (TPSA) is 35.5 Å². The first-order valence-corrected chi connectivity index (χ1v) is 8.11. The zero-order chi connectivity index (χ0) is 14.9. The molecule has 0 bridgehead atoms. The third-order valence-corrected chi connectivity index (χ3v) is 5.14. The van der Waals surface area contributed by atoms with E-state index in [1.165, 1.54) is 6.07 Å². The standard InChI is InChI=1S/C16H18BrFO3/c17-12-2-1-3-13(18)14(12)15(19)11-4-7-21-16(10-11)5-8-20-9-6-16/h1-3,11H,4-10H2. The predicted molar refractivity (Wildman–Crippen MR) is 79.9 cm³/mol. The van der Waals surface area contributed by atoms with E-state index in [-0.39, 0.29) is 22.9 Å². The normalized spacial score (nSPS) is 25.0. The summed E-state index contributed by atoms with van der Waals surface area (Å²) in [5, 5.41) is 0. The fourth-order valence-corrected chi connectivity index (χ4v) is 3.82. The van der Waals surface area contributed by atoms with E-state index in [0.29, 0.717) is 37.1 Å². The van der Waals surface area contributed by atoms with Crippen LogP contribution in [0.4, 0.5) is 4.39 Å². The molecule has 2 fully saturated rings. The van der Waals surface area contributed by atoms with Gasteiger partial charge in [-0.25, -0.2) is 4.39 Å². The van der Waals surface area contributed by atoms with Crippen molar-refractivity contribution in [3.63, 3.8) is 0 Å². The van der Waals surface area contributed by atoms with E-state index < -0.39 is 5.82 Å². The molecule has 0 N–H and O–H groups in total. The highest BCUT2D eigenvalue weighted by atomic mass is 79.9. The molecule has 1 aromatic carbocycles. The minimum Gasteiger partial charge on any atom is -0.381 e. The zero-order valence-electron chi connectivity index (χ0n) is 11.7. The average Bonchev–Trinajstić information content (AvgIpc) is 2.48. The van der Waals surface area contributed by atoms with Crippen LogP contribution in [0.1, 0.15) is 36.0 Å². The van der Waals surface area contributed by atoms with Gasteiger partial charge in [-0.1, -0.05) is 6.07 Å². The van der Waals surface area contributed by atoms with Crippen molar-refractivity contribution in [1.29, 1.82) is 0 Å². The number of hydrogen-bond acceptors (Lipinski definition) is 3. The first kappa shape index (κ1) is 15.1. The molecule has 2 aliphatic rings. The van der Waals surface area contributed by atoms with E-state index in [2.05, 4.69) is 15.9 Å². The van der Waals surface area contributed by atoms with Gasteiger partial charge in [-0.2, -0.15) is 0 Å². The molecule has 1 unspecified atom stereocenters. The molecule has 0 radical (unpaired) electrons. The van der Waals surface area contributed by atoms with Crippen LogP contribution in [-0.4, -0.2) is 31.2 Å². The molecule has 2 aliphatic heterocycles. The van der Waals surface area contributed by atoms with Gasteiger partial charge in [0.15, 0.2) is 5.78 Å². The van der Waals surface area contributed by atoms with Crippen LogP contribution in [0.25, 0.3) is 0 Å². The molecule has 21 heavy (non-hydrogen) atoms. The lowest BCUT2D eigenvalue weighted by atomic mass is 9.78. The number of hydrogen-bond donors (Lipinski definition) is 0. The van der Waals surface area contributed by atoms with Crippen molar-refractivity contribution >= 4 is 21.7 Å². The summed E-state index contributed by atoms with van der Waals surface area (Å²) in [6, 6.07) is 4.64. The van der Waals surface area contributed by atoms with E-state index in [9.17, 15) is 9.18 Å². The van der Waals surface area contributed by atoms with E-state index >= 15 is 0 Å². The average molecular weight is 357 g/mol. The van der Waals surface area contributed by atoms with Gasteiger partial charge < -0.3 is 9.47 Å². The van der Waals surface area contributed by atoms with Gasteiger partial charge in [0.1, 0.15) is 5.82 Å². The summed E-state index contributed by atoms with van der Waals surface area (Å²) in [6.45, 7) is 1.90. The summed E-state index contributed by atoms with van der Waals surface area (Å²) >= 11 is 3.29. The van der Waals surface area contributed by atoms with Crippen LogP contribution in [0.15, 0.2) is 22.7 Å². The van der Waals surface area contributed by atoms with Crippen LogP contribution in [0.2, 0.25) is 0 Å². The predicted octanol–water partition coefficient (Wildman–Crippen LogP) is 3.75. The summed E-state index contributed by atoms with van der Waals surface area (Å²) in [7, 11) is 0. The Hall–Kier alpha value is -0.780. The molecule has 0 aromatic heterocycles. The van der Waals surface area contributed by atoms with Gasteiger partial charge in [-0.05, 0) is 53.7 Å². The molecule has 114 valence electrons. The highest BCUT2D eigenvalue weighted by Crippen LogP contribution is 2.39. The van der Waals surface area contributed by atoms with E-state index in [1.54, 1.807) is 12.1 Å². The quantitative estimate of drug-likeness (QED) is 0.757. The second-order valence-electron chi connectivity index (χ2n) is 5.79. The number of Topliss-reactive ketones (excluding diaryl/α,β-unsaturated/α-hetero) is 1. The minimum absolute atomic E-state index is 0.117. The largest absolute Gasteiger partial charge is 0.381 e. The summed E-state index contributed by atoms with van der Waals surface area (Å²) in [5.74, 6) is -0.749. The second kappa shape index (κ2) is 6.15. The Labute approximate surface area is 131 Å². The van der Waals surface area contributed by atoms with Gasteiger partial charge in [0.25, 0.3) is 0 Å². The molecule has 0 aliphatic carbocycles. The number of carbonyl (C=O) groups is 1. The molecule has 2 heterocycles. The SMILES string of the molecule is O=C(c1c(F)cccc1Br)C1CCOC2(CCOCC2)C1. The van der Waals surface area contributed by atoms with Crippen LogP contribution < -0.4 is 0 Å². The molecule has 0 saturated carbocycles. The van der Waals surface area contributed by atoms with Crippen LogP contribution >= 0.6 is 15.9 Å². The summed E-state index contributed by atoms with van der Waals surface area (Å²) in [5.41, 5.74) is -0.0826. The van der Waals surface area contributed by atoms with E-state index in [1.807, 2.05) is 0 Å². The lowest BCUT2D eigenvalue weighted by Gasteiger charge is -2.43. The summed E-state index contributed by atoms with van der Waals surface area (Å²) in [4.78, 5) is 12.7. The molecule has 3 nitrogen and oxygen atoms in total. The van der Waals surface area contributed by atoms with Gasteiger partial charge >= 0.3 is 0 Å². The second-order valence-corrected chi connectivity index (χ2v) is 6.65. The van der Waals surface area contributed by atoms with Gasteiger partial charge in [0.2, 0.25) is 0 Å². The lowest BCUT2D eigenvalue weighted by Crippen LogP contribution is -2.46.